The van der Waals surface area contributed by atoms with Crippen LogP contribution in [0.1, 0.15) is 31.1 Å². The van der Waals surface area contributed by atoms with Crippen molar-refractivity contribution in [3.8, 4) is 0 Å². The standard InChI is InChI=1S/C21H17F3N2O4/c1-10-8-15(27)13-6-5-7-14(19(13)30-10)17-16(20(28)29-9-21(22,23)24)11(2)26-12(3)18(17)25-4/h5-8,17-18H,9H2,1-3H3. The van der Waals surface area contributed by atoms with Gasteiger partial charge < -0.3 is 14.0 Å². The summed E-state index contributed by atoms with van der Waals surface area (Å²) in [5, 5.41) is 0.239. The Morgan fingerprint density at radius 1 is 1.30 bits per heavy atom. The van der Waals surface area contributed by atoms with Gasteiger partial charge in [0, 0.05) is 17.3 Å². The topological polar surface area (TPSA) is 73.2 Å². The molecule has 1 aliphatic rings. The van der Waals surface area contributed by atoms with Crippen molar-refractivity contribution in [3.05, 3.63) is 68.5 Å². The molecule has 0 N–H and O–H groups in total. The number of alkyl halides is 3. The van der Waals surface area contributed by atoms with E-state index in [4.69, 9.17) is 11.0 Å². The first-order valence-electron chi connectivity index (χ1n) is 8.93. The second-order valence-electron chi connectivity index (χ2n) is 6.94. The van der Waals surface area contributed by atoms with E-state index in [1.54, 1.807) is 32.0 Å². The first-order chi connectivity index (χ1) is 14.0. The zero-order valence-corrected chi connectivity index (χ0v) is 16.3. The summed E-state index contributed by atoms with van der Waals surface area (Å²) in [6.45, 7) is 10.5. The number of nitrogens with zero attached hydrogens (tertiary/aromatic N) is 2. The molecule has 1 aliphatic heterocycles. The van der Waals surface area contributed by atoms with Crippen LogP contribution in [0.5, 0.6) is 0 Å². The molecule has 2 heterocycles. The Morgan fingerprint density at radius 2 is 2.00 bits per heavy atom. The zero-order chi connectivity index (χ0) is 22.2. The number of carbonyl (C=O) groups is 1. The van der Waals surface area contributed by atoms with Gasteiger partial charge in [0.25, 0.3) is 6.04 Å². The van der Waals surface area contributed by atoms with E-state index in [1.165, 1.54) is 13.0 Å². The van der Waals surface area contributed by atoms with Crippen LogP contribution < -0.4 is 5.43 Å². The van der Waals surface area contributed by atoms with Crippen LogP contribution >= 0.6 is 0 Å². The van der Waals surface area contributed by atoms with Crippen LogP contribution in [0.3, 0.4) is 0 Å². The van der Waals surface area contributed by atoms with Gasteiger partial charge in [-0.15, -0.1) is 0 Å². The van der Waals surface area contributed by atoms with E-state index in [9.17, 15) is 22.8 Å². The fourth-order valence-electron chi connectivity index (χ4n) is 3.57. The largest absolute Gasteiger partial charge is 0.461 e. The number of para-hydroxylation sites is 1. The number of esters is 1. The maximum atomic E-state index is 12.6. The number of allylic oxidation sites excluding steroid dienone is 1. The van der Waals surface area contributed by atoms with Crippen LogP contribution in [0.4, 0.5) is 13.2 Å². The third-order valence-corrected chi connectivity index (χ3v) is 4.76. The summed E-state index contributed by atoms with van der Waals surface area (Å²) >= 11 is 0. The Balaban J connectivity index is 2.23. The Hall–Kier alpha value is -3.41. The molecular weight excluding hydrogens is 401 g/mol. The zero-order valence-electron chi connectivity index (χ0n) is 16.3. The number of benzene rings is 1. The lowest BCUT2D eigenvalue weighted by atomic mass is 9.79. The lowest BCUT2D eigenvalue weighted by molar-refractivity contribution is -0.183. The number of fused-ring (bicyclic) bond motifs is 1. The van der Waals surface area contributed by atoms with E-state index in [2.05, 4.69) is 14.6 Å². The molecule has 0 radical (unpaired) electrons. The van der Waals surface area contributed by atoms with Crippen LogP contribution in [0, 0.1) is 13.5 Å². The molecule has 0 saturated heterocycles. The molecule has 0 amide bonds. The van der Waals surface area contributed by atoms with Gasteiger partial charge in [0.2, 0.25) is 0 Å². The minimum atomic E-state index is -4.70. The number of carbonyl (C=O) groups excluding carboxylic acids is 1. The third-order valence-electron chi connectivity index (χ3n) is 4.76. The molecule has 0 bridgehead atoms. The number of rotatable bonds is 3. The Kier molecular flexibility index (Phi) is 5.53. The molecule has 0 spiro atoms. The maximum Gasteiger partial charge on any atom is 0.422 e. The first-order valence-corrected chi connectivity index (χ1v) is 8.93. The minimum absolute atomic E-state index is 0.150. The van der Waals surface area contributed by atoms with Crippen molar-refractivity contribution in [3.63, 3.8) is 0 Å². The van der Waals surface area contributed by atoms with Crippen molar-refractivity contribution in [2.24, 2.45) is 4.99 Å². The van der Waals surface area contributed by atoms with Gasteiger partial charge in [-0.1, -0.05) is 12.1 Å². The average molecular weight is 418 g/mol. The third kappa shape index (κ3) is 3.99. The second kappa shape index (κ2) is 7.78. The molecule has 0 saturated carbocycles. The number of aliphatic imine (C=N–C) groups is 1. The Labute approximate surface area is 169 Å². The van der Waals surface area contributed by atoms with Crippen LogP contribution in [-0.4, -0.2) is 30.5 Å². The van der Waals surface area contributed by atoms with Gasteiger partial charge in [0.05, 0.1) is 16.7 Å². The van der Waals surface area contributed by atoms with Gasteiger partial charge >= 0.3 is 12.1 Å². The van der Waals surface area contributed by atoms with Crippen molar-refractivity contribution >= 4 is 22.7 Å². The molecule has 156 valence electrons. The maximum absolute atomic E-state index is 12.6. The van der Waals surface area contributed by atoms with E-state index in [0.717, 1.165) is 0 Å². The lowest BCUT2D eigenvalue weighted by Gasteiger charge is -2.26. The van der Waals surface area contributed by atoms with Crippen LogP contribution in [0.2, 0.25) is 0 Å². The number of hydrogen-bond acceptors (Lipinski definition) is 5. The summed E-state index contributed by atoms with van der Waals surface area (Å²) in [6, 6.07) is 5.03. The van der Waals surface area contributed by atoms with E-state index >= 15 is 0 Å². The smallest absolute Gasteiger partial charge is 0.422 e. The van der Waals surface area contributed by atoms with E-state index in [-0.39, 0.29) is 27.7 Å². The molecule has 30 heavy (non-hydrogen) atoms. The predicted octanol–water partition coefficient (Wildman–Crippen LogP) is 4.33. The number of aryl methyl sites for hydroxylation is 1. The summed E-state index contributed by atoms with van der Waals surface area (Å²) in [5.74, 6) is -1.90. The molecule has 0 aliphatic carbocycles. The summed E-state index contributed by atoms with van der Waals surface area (Å²) in [7, 11) is 0. The quantitative estimate of drug-likeness (QED) is 0.550. The Bertz CT molecular complexity index is 1190. The van der Waals surface area contributed by atoms with Crippen LogP contribution in [0.25, 0.3) is 15.8 Å². The monoisotopic (exact) mass is 418 g/mol. The van der Waals surface area contributed by atoms with Gasteiger partial charge in [-0.25, -0.2) is 11.4 Å². The number of ether oxygens (including phenoxy) is 1. The Morgan fingerprint density at radius 3 is 2.63 bits per heavy atom. The first kappa shape index (κ1) is 21.3. The molecule has 1 aromatic heterocycles. The summed E-state index contributed by atoms with van der Waals surface area (Å²) < 4.78 is 48.0. The van der Waals surface area contributed by atoms with Gasteiger partial charge in [-0.05, 0) is 26.8 Å². The van der Waals surface area contributed by atoms with E-state index < -0.39 is 30.7 Å². The molecule has 2 atom stereocenters. The second-order valence-corrected chi connectivity index (χ2v) is 6.94. The summed E-state index contributed by atoms with van der Waals surface area (Å²) in [5.41, 5.74) is 0.579. The van der Waals surface area contributed by atoms with Crippen molar-refractivity contribution in [2.75, 3.05) is 6.61 Å². The molecule has 1 aromatic carbocycles. The molecule has 0 fully saturated rings. The molecule has 3 rings (SSSR count). The predicted molar refractivity (Wildman–Crippen MR) is 103 cm³/mol. The summed E-state index contributed by atoms with van der Waals surface area (Å²) in [4.78, 5) is 32.7. The van der Waals surface area contributed by atoms with Crippen molar-refractivity contribution in [1.82, 2.24) is 0 Å². The summed E-state index contributed by atoms with van der Waals surface area (Å²) in [6.07, 6.45) is -4.70. The fraction of sp³-hybridized carbons (Fsp3) is 0.333. The van der Waals surface area contributed by atoms with Crippen LogP contribution in [-0.2, 0) is 9.53 Å². The number of hydrogen-bond donors (Lipinski definition) is 0. The SMILES string of the molecule is [C-]#[N+]C1C(C)=NC(C)=C(C(=O)OCC(F)(F)F)C1c1cccc2c(=O)cc(C)oc12. The number of halogens is 3. The van der Waals surface area contributed by atoms with E-state index in [0.29, 0.717) is 17.0 Å². The normalized spacial score (nSPS) is 19.4. The van der Waals surface area contributed by atoms with Gasteiger partial charge in [-0.2, -0.15) is 13.2 Å². The average Bonchev–Trinajstić information content (AvgIpc) is 2.64. The van der Waals surface area contributed by atoms with Crippen molar-refractivity contribution < 1.29 is 27.1 Å². The highest BCUT2D eigenvalue weighted by Gasteiger charge is 2.44. The van der Waals surface area contributed by atoms with E-state index in [1.807, 2.05) is 0 Å². The molecular formula is C21H17F3N2O4. The molecule has 2 unspecified atom stereocenters. The highest BCUT2D eigenvalue weighted by atomic mass is 19.4. The molecule has 2 aromatic rings. The molecule has 6 nitrogen and oxygen atoms in total. The highest BCUT2D eigenvalue weighted by Crippen LogP contribution is 2.40. The van der Waals surface area contributed by atoms with Gasteiger partial charge in [0.1, 0.15) is 17.3 Å². The van der Waals surface area contributed by atoms with Gasteiger partial charge in [0.15, 0.2) is 12.0 Å². The molecule has 9 heteroatoms. The van der Waals surface area contributed by atoms with Gasteiger partial charge in [-0.3, -0.25) is 9.79 Å². The van der Waals surface area contributed by atoms with Crippen molar-refractivity contribution in [1.29, 1.82) is 0 Å². The van der Waals surface area contributed by atoms with Crippen LogP contribution in [0.15, 0.2) is 49.7 Å². The lowest BCUT2D eigenvalue weighted by Crippen LogP contribution is -2.33. The van der Waals surface area contributed by atoms with Crippen molar-refractivity contribution in [2.45, 2.75) is 38.9 Å². The minimum Gasteiger partial charge on any atom is -0.461 e. The fourth-order valence-corrected chi connectivity index (χ4v) is 3.57. The highest BCUT2D eigenvalue weighted by molar-refractivity contribution is 6.01.